The first-order chi connectivity index (χ1) is 5.79. The van der Waals surface area contributed by atoms with Crippen molar-refractivity contribution in [1.29, 1.82) is 0 Å². The molecular formula is C10H16O2. The normalized spacial score (nSPS) is 13.7. The van der Waals surface area contributed by atoms with Crippen molar-refractivity contribution in [2.24, 2.45) is 5.92 Å². The number of furan rings is 1. The lowest BCUT2D eigenvalue weighted by Gasteiger charge is -2.18. The summed E-state index contributed by atoms with van der Waals surface area (Å²) >= 11 is 0. The molecule has 1 rings (SSSR count). The van der Waals surface area contributed by atoms with E-state index in [0.717, 1.165) is 18.4 Å². The van der Waals surface area contributed by atoms with Crippen molar-refractivity contribution < 1.29 is 9.52 Å². The maximum Gasteiger partial charge on any atom is 0.0960 e. The molecule has 0 fully saturated rings. The van der Waals surface area contributed by atoms with Crippen molar-refractivity contribution in [1.82, 2.24) is 0 Å². The van der Waals surface area contributed by atoms with Crippen LogP contribution >= 0.6 is 0 Å². The lowest BCUT2D eigenvalue weighted by Crippen LogP contribution is -2.09. The number of aliphatic hydroxyl groups is 1. The number of hydrogen-bond donors (Lipinski definition) is 1. The van der Waals surface area contributed by atoms with Crippen LogP contribution in [0.4, 0.5) is 0 Å². The van der Waals surface area contributed by atoms with Gasteiger partial charge in [-0.05, 0) is 12.0 Å². The molecule has 1 heterocycles. The third-order valence-electron chi connectivity index (χ3n) is 2.38. The fourth-order valence-corrected chi connectivity index (χ4v) is 1.45. The SMILES string of the molecule is CCC(CC)C(O)c1ccoc1. The molecule has 2 heteroatoms. The molecule has 0 bridgehead atoms. The Morgan fingerprint density at radius 1 is 1.42 bits per heavy atom. The molecule has 0 aliphatic carbocycles. The van der Waals surface area contributed by atoms with Crippen LogP contribution in [0.15, 0.2) is 23.0 Å². The molecule has 1 aromatic heterocycles. The van der Waals surface area contributed by atoms with E-state index in [0.29, 0.717) is 5.92 Å². The van der Waals surface area contributed by atoms with Crippen LogP contribution in [0.5, 0.6) is 0 Å². The predicted octanol–water partition coefficient (Wildman–Crippen LogP) is 2.75. The second kappa shape index (κ2) is 4.31. The Labute approximate surface area is 73.2 Å². The first-order valence-corrected chi connectivity index (χ1v) is 4.49. The van der Waals surface area contributed by atoms with E-state index in [2.05, 4.69) is 13.8 Å². The Kier molecular flexibility index (Phi) is 3.35. The molecule has 0 spiro atoms. The first-order valence-electron chi connectivity index (χ1n) is 4.49. The summed E-state index contributed by atoms with van der Waals surface area (Å²) < 4.78 is 4.91. The summed E-state index contributed by atoms with van der Waals surface area (Å²) in [7, 11) is 0. The van der Waals surface area contributed by atoms with E-state index in [9.17, 15) is 5.11 Å². The van der Waals surface area contributed by atoms with E-state index < -0.39 is 0 Å². The molecule has 1 unspecified atom stereocenters. The monoisotopic (exact) mass is 168 g/mol. The van der Waals surface area contributed by atoms with Gasteiger partial charge in [0.05, 0.1) is 18.6 Å². The van der Waals surface area contributed by atoms with Crippen LogP contribution in [0.1, 0.15) is 38.4 Å². The van der Waals surface area contributed by atoms with E-state index >= 15 is 0 Å². The molecule has 12 heavy (non-hydrogen) atoms. The van der Waals surface area contributed by atoms with Crippen LogP contribution in [0.2, 0.25) is 0 Å². The Balaban J connectivity index is 2.63. The summed E-state index contributed by atoms with van der Waals surface area (Å²) in [6.45, 7) is 4.19. The van der Waals surface area contributed by atoms with Crippen LogP contribution in [0.3, 0.4) is 0 Å². The Morgan fingerprint density at radius 2 is 2.08 bits per heavy atom. The van der Waals surface area contributed by atoms with Gasteiger partial charge in [0.25, 0.3) is 0 Å². The number of hydrogen-bond acceptors (Lipinski definition) is 2. The Bertz CT molecular complexity index is 200. The molecule has 2 nitrogen and oxygen atoms in total. The van der Waals surface area contributed by atoms with Gasteiger partial charge in [0.15, 0.2) is 0 Å². The predicted molar refractivity (Wildman–Crippen MR) is 47.7 cm³/mol. The molecule has 0 amide bonds. The summed E-state index contributed by atoms with van der Waals surface area (Å²) in [5.41, 5.74) is 0.892. The summed E-state index contributed by atoms with van der Waals surface area (Å²) in [6.07, 6.45) is 4.86. The lowest BCUT2D eigenvalue weighted by atomic mass is 9.93. The van der Waals surface area contributed by atoms with Crippen molar-refractivity contribution in [3.05, 3.63) is 24.2 Å². The summed E-state index contributed by atoms with van der Waals surface area (Å²) in [4.78, 5) is 0. The molecular weight excluding hydrogens is 152 g/mol. The molecule has 0 saturated carbocycles. The van der Waals surface area contributed by atoms with E-state index in [1.165, 1.54) is 0 Å². The zero-order valence-corrected chi connectivity index (χ0v) is 7.66. The van der Waals surface area contributed by atoms with Gasteiger partial charge in [-0.3, -0.25) is 0 Å². The minimum absolute atomic E-state index is 0.350. The zero-order chi connectivity index (χ0) is 8.97. The van der Waals surface area contributed by atoms with Gasteiger partial charge >= 0.3 is 0 Å². The van der Waals surface area contributed by atoms with Gasteiger partial charge in [0.1, 0.15) is 0 Å². The topological polar surface area (TPSA) is 33.4 Å². The van der Waals surface area contributed by atoms with Crippen molar-refractivity contribution in [3.63, 3.8) is 0 Å². The number of rotatable bonds is 4. The molecule has 1 aromatic rings. The third kappa shape index (κ3) is 1.89. The molecule has 1 atom stereocenters. The van der Waals surface area contributed by atoms with Gasteiger partial charge in [0.2, 0.25) is 0 Å². The van der Waals surface area contributed by atoms with Gasteiger partial charge in [-0.1, -0.05) is 26.7 Å². The highest BCUT2D eigenvalue weighted by Crippen LogP contribution is 2.26. The second-order valence-electron chi connectivity index (χ2n) is 3.08. The molecule has 0 aromatic carbocycles. The molecule has 0 saturated heterocycles. The van der Waals surface area contributed by atoms with Crippen LogP contribution in [-0.4, -0.2) is 5.11 Å². The smallest absolute Gasteiger partial charge is 0.0960 e. The van der Waals surface area contributed by atoms with Crippen LogP contribution in [0, 0.1) is 5.92 Å². The summed E-state index contributed by atoms with van der Waals surface area (Å²) in [6, 6.07) is 1.82. The quantitative estimate of drug-likeness (QED) is 0.749. The van der Waals surface area contributed by atoms with Gasteiger partial charge in [-0.2, -0.15) is 0 Å². The van der Waals surface area contributed by atoms with Gasteiger partial charge in [0, 0.05) is 5.56 Å². The highest BCUT2D eigenvalue weighted by molar-refractivity contribution is 5.09. The minimum atomic E-state index is -0.362. The first kappa shape index (κ1) is 9.33. The molecule has 0 radical (unpaired) electrons. The molecule has 0 aliphatic heterocycles. The maximum atomic E-state index is 9.81. The second-order valence-corrected chi connectivity index (χ2v) is 3.08. The van der Waals surface area contributed by atoms with Crippen LogP contribution in [0.25, 0.3) is 0 Å². The Hall–Kier alpha value is -0.760. The zero-order valence-electron chi connectivity index (χ0n) is 7.66. The van der Waals surface area contributed by atoms with Gasteiger partial charge in [-0.15, -0.1) is 0 Å². The van der Waals surface area contributed by atoms with Crippen molar-refractivity contribution in [3.8, 4) is 0 Å². The fourth-order valence-electron chi connectivity index (χ4n) is 1.45. The minimum Gasteiger partial charge on any atom is -0.472 e. The van der Waals surface area contributed by atoms with Crippen molar-refractivity contribution in [2.45, 2.75) is 32.8 Å². The highest BCUT2D eigenvalue weighted by atomic mass is 16.3. The standard InChI is InChI=1S/C10H16O2/c1-3-8(4-2)10(11)9-5-6-12-7-9/h5-8,10-11H,3-4H2,1-2H3. The Morgan fingerprint density at radius 3 is 2.50 bits per heavy atom. The fraction of sp³-hybridized carbons (Fsp3) is 0.600. The van der Waals surface area contributed by atoms with Gasteiger partial charge < -0.3 is 9.52 Å². The van der Waals surface area contributed by atoms with Gasteiger partial charge in [-0.25, -0.2) is 0 Å². The molecule has 0 aliphatic rings. The largest absolute Gasteiger partial charge is 0.472 e. The highest BCUT2D eigenvalue weighted by Gasteiger charge is 2.17. The molecule has 68 valence electrons. The maximum absolute atomic E-state index is 9.81. The average molecular weight is 168 g/mol. The van der Waals surface area contributed by atoms with E-state index in [-0.39, 0.29) is 6.10 Å². The summed E-state index contributed by atoms with van der Waals surface area (Å²) in [5, 5.41) is 9.81. The average Bonchev–Trinajstić information content (AvgIpc) is 2.58. The lowest BCUT2D eigenvalue weighted by molar-refractivity contribution is 0.103. The van der Waals surface area contributed by atoms with Crippen molar-refractivity contribution in [2.75, 3.05) is 0 Å². The van der Waals surface area contributed by atoms with E-state index in [1.54, 1.807) is 12.5 Å². The number of aliphatic hydroxyl groups excluding tert-OH is 1. The van der Waals surface area contributed by atoms with Crippen molar-refractivity contribution >= 4 is 0 Å². The van der Waals surface area contributed by atoms with E-state index in [1.807, 2.05) is 6.07 Å². The third-order valence-corrected chi connectivity index (χ3v) is 2.38. The summed E-state index contributed by atoms with van der Waals surface area (Å²) in [5.74, 6) is 0.350. The van der Waals surface area contributed by atoms with Crippen LogP contribution < -0.4 is 0 Å². The van der Waals surface area contributed by atoms with E-state index in [4.69, 9.17) is 4.42 Å². The molecule has 1 N–H and O–H groups in total. The van der Waals surface area contributed by atoms with Crippen LogP contribution in [-0.2, 0) is 0 Å².